The van der Waals surface area contributed by atoms with Crippen LogP contribution in [-0.4, -0.2) is 23.4 Å². The van der Waals surface area contributed by atoms with Gasteiger partial charge in [-0.1, -0.05) is 53.5 Å². The van der Waals surface area contributed by atoms with Crippen LogP contribution in [-0.2, 0) is 9.59 Å². The van der Waals surface area contributed by atoms with Crippen molar-refractivity contribution in [2.45, 2.75) is 13.0 Å². The highest BCUT2D eigenvalue weighted by Crippen LogP contribution is 2.44. The number of ketones is 1. The van der Waals surface area contributed by atoms with E-state index in [0.717, 1.165) is 4.90 Å². The van der Waals surface area contributed by atoms with E-state index in [9.17, 15) is 19.1 Å². The Morgan fingerprint density at radius 1 is 1.03 bits per heavy atom. The van der Waals surface area contributed by atoms with Gasteiger partial charge in [-0.2, -0.15) is 0 Å². The number of carbonyl (C=O) groups excluding carboxylic acids is 2. The second-order valence-electron chi connectivity index (χ2n) is 7.28. The van der Waals surface area contributed by atoms with Gasteiger partial charge in [-0.25, -0.2) is 4.39 Å². The van der Waals surface area contributed by atoms with E-state index < -0.39 is 29.3 Å². The van der Waals surface area contributed by atoms with E-state index in [-0.39, 0.29) is 32.4 Å². The predicted molar refractivity (Wildman–Crippen MR) is 125 cm³/mol. The zero-order valence-electron chi connectivity index (χ0n) is 17.4. The summed E-state index contributed by atoms with van der Waals surface area (Å²) < 4.78 is 20.4. The molecule has 1 saturated heterocycles. The molecule has 1 atom stereocenters. The fraction of sp³-hybridized carbons (Fsp3) is 0.120. The van der Waals surface area contributed by atoms with Gasteiger partial charge in [0.1, 0.15) is 17.3 Å². The molecule has 5 nitrogen and oxygen atoms in total. The summed E-state index contributed by atoms with van der Waals surface area (Å²) in [6.45, 7) is 2.21. The molecule has 0 spiro atoms. The molecule has 4 rings (SSSR count). The summed E-state index contributed by atoms with van der Waals surface area (Å²) in [7, 11) is 0. The maximum atomic E-state index is 14.9. The minimum absolute atomic E-state index is 0.0373. The van der Waals surface area contributed by atoms with Gasteiger partial charge in [0.15, 0.2) is 0 Å². The second-order valence-corrected chi connectivity index (χ2v) is 8.15. The molecule has 1 unspecified atom stereocenters. The summed E-state index contributed by atoms with van der Waals surface area (Å²) in [4.78, 5) is 27.4. The number of ether oxygens (including phenoxy) is 1. The number of anilines is 1. The monoisotopic (exact) mass is 485 g/mol. The molecule has 0 aromatic heterocycles. The summed E-state index contributed by atoms with van der Waals surface area (Å²) >= 11 is 12.2. The molecule has 8 heteroatoms. The minimum atomic E-state index is -1.24. The summed E-state index contributed by atoms with van der Waals surface area (Å²) in [5, 5.41) is 11.6. The molecule has 0 bridgehead atoms. The van der Waals surface area contributed by atoms with Gasteiger partial charge >= 0.3 is 0 Å². The highest BCUT2D eigenvalue weighted by atomic mass is 35.5. The number of aliphatic hydroxyl groups excluding tert-OH is 1. The summed E-state index contributed by atoms with van der Waals surface area (Å²) in [6.07, 6.45) is 0. The van der Waals surface area contributed by atoms with Gasteiger partial charge in [-0.3, -0.25) is 14.5 Å². The van der Waals surface area contributed by atoms with Crippen molar-refractivity contribution < 1.29 is 23.8 Å². The average Bonchev–Trinajstić information content (AvgIpc) is 3.04. The van der Waals surface area contributed by atoms with Crippen LogP contribution in [0.15, 0.2) is 72.3 Å². The first-order valence-corrected chi connectivity index (χ1v) is 10.8. The molecule has 0 radical (unpaired) electrons. The number of hydrogen-bond acceptors (Lipinski definition) is 4. The van der Waals surface area contributed by atoms with E-state index in [1.54, 1.807) is 30.3 Å². The van der Waals surface area contributed by atoms with Gasteiger partial charge in [0, 0.05) is 26.9 Å². The van der Waals surface area contributed by atoms with Crippen LogP contribution in [0, 0.1) is 5.82 Å². The number of amides is 1. The van der Waals surface area contributed by atoms with Crippen LogP contribution >= 0.6 is 23.2 Å². The number of carbonyl (C=O) groups is 2. The smallest absolute Gasteiger partial charge is 0.300 e. The van der Waals surface area contributed by atoms with Crippen molar-refractivity contribution in [3.8, 4) is 5.75 Å². The first kappa shape index (κ1) is 22.8. The normalized spacial score (nSPS) is 17.5. The summed E-state index contributed by atoms with van der Waals surface area (Å²) in [5.74, 6) is -2.52. The molecule has 1 amide bonds. The highest BCUT2D eigenvalue weighted by molar-refractivity contribution is 6.52. The Kier molecular flexibility index (Phi) is 6.40. The number of benzene rings is 3. The Morgan fingerprint density at radius 2 is 1.73 bits per heavy atom. The summed E-state index contributed by atoms with van der Waals surface area (Å²) in [5.41, 5.74) is 0.236. The van der Waals surface area contributed by atoms with Gasteiger partial charge in [0.25, 0.3) is 11.7 Å². The van der Waals surface area contributed by atoms with E-state index in [1.165, 1.54) is 36.4 Å². The number of Topliss-reactive ketones (excluding diaryl/α,β-unsaturated/α-hetero) is 1. The van der Waals surface area contributed by atoms with Crippen LogP contribution in [0.25, 0.3) is 5.76 Å². The lowest BCUT2D eigenvalue weighted by Crippen LogP contribution is -2.29. The Balaban J connectivity index is 1.97. The summed E-state index contributed by atoms with van der Waals surface area (Å²) in [6, 6.07) is 15.3. The van der Waals surface area contributed by atoms with Crippen LogP contribution in [0.4, 0.5) is 10.1 Å². The van der Waals surface area contributed by atoms with Crippen molar-refractivity contribution >= 4 is 46.3 Å². The van der Waals surface area contributed by atoms with Gasteiger partial charge in [-0.15, -0.1) is 0 Å². The van der Waals surface area contributed by atoms with Crippen molar-refractivity contribution in [3.05, 3.63) is 99.3 Å². The lowest BCUT2D eigenvalue weighted by molar-refractivity contribution is -0.132. The van der Waals surface area contributed by atoms with Crippen molar-refractivity contribution in [1.29, 1.82) is 0 Å². The van der Waals surface area contributed by atoms with Crippen molar-refractivity contribution in [2.24, 2.45) is 0 Å². The molecule has 0 saturated carbocycles. The molecule has 1 fully saturated rings. The third-order valence-electron chi connectivity index (χ3n) is 5.19. The van der Waals surface area contributed by atoms with Gasteiger partial charge in [-0.05, 0) is 43.3 Å². The van der Waals surface area contributed by atoms with E-state index in [2.05, 4.69) is 0 Å². The topological polar surface area (TPSA) is 66.8 Å². The lowest BCUT2D eigenvalue weighted by Gasteiger charge is -2.26. The minimum Gasteiger partial charge on any atom is -0.507 e. The predicted octanol–water partition coefficient (Wildman–Crippen LogP) is 6.16. The fourth-order valence-corrected chi connectivity index (χ4v) is 4.34. The Bertz CT molecular complexity index is 1270. The van der Waals surface area contributed by atoms with Crippen LogP contribution < -0.4 is 9.64 Å². The second kappa shape index (κ2) is 9.25. The average molecular weight is 486 g/mol. The first-order valence-electron chi connectivity index (χ1n) is 10.1. The maximum absolute atomic E-state index is 14.9. The number of aliphatic hydroxyl groups is 1. The molecule has 168 valence electrons. The molecule has 1 heterocycles. The van der Waals surface area contributed by atoms with E-state index >= 15 is 0 Å². The van der Waals surface area contributed by atoms with Gasteiger partial charge in [0.05, 0.1) is 18.2 Å². The van der Waals surface area contributed by atoms with Gasteiger partial charge in [0.2, 0.25) is 0 Å². The number of halogens is 3. The van der Waals surface area contributed by atoms with Crippen LogP contribution in [0.1, 0.15) is 24.1 Å². The Labute approximate surface area is 199 Å². The zero-order chi connectivity index (χ0) is 23.7. The highest BCUT2D eigenvalue weighted by Gasteiger charge is 2.48. The molecule has 1 N–H and O–H groups in total. The van der Waals surface area contributed by atoms with E-state index in [1.807, 2.05) is 6.92 Å². The molecular formula is C25H18Cl2FNO4. The molecule has 33 heavy (non-hydrogen) atoms. The third-order valence-corrected chi connectivity index (χ3v) is 5.62. The van der Waals surface area contributed by atoms with E-state index in [0.29, 0.717) is 12.4 Å². The van der Waals surface area contributed by atoms with Crippen molar-refractivity contribution in [3.63, 3.8) is 0 Å². The maximum Gasteiger partial charge on any atom is 0.300 e. The molecule has 1 aliphatic heterocycles. The molecule has 1 aliphatic rings. The number of rotatable bonds is 5. The van der Waals surface area contributed by atoms with Crippen molar-refractivity contribution in [2.75, 3.05) is 11.5 Å². The Morgan fingerprint density at radius 3 is 2.39 bits per heavy atom. The first-order chi connectivity index (χ1) is 15.8. The lowest BCUT2D eigenvalue weighted by atomic mass is 9.94. The number of nitrogens with zero attached hydrogens (tertiary/aromatic N) is 1. The Hall–Kier alpha value is -3.35. The van der Waals surface area contributed by atoms with E-state index in [4.69, 9.17) is 27.9 Å². The SMILES string of the molecule is CCOc1cccc(/C(O)=C2\C(=O)C(=O)N(c3cc(Cl)cc(Cl)c3)C2c2ccccc2F)c1. The molecule has 0 aliphatic carbocycles. The zero-order valence-corrected chi connectivity index (χ0v) is 18.9. The van der Waals surface area contributed by atoms with Crippen LogP contribution in [0.5, 0.6) is 5.75 Å². The van der Waals surface area contributed by atoms with Crippen molar-refractivity contribution in [1.82, 2.24) is 0 Å². The van der Waals surface area contributed by atoms with Gasteiger partial charge < -0.3 is 9.84 Å². The molecule has 3 aromatic rings. The molecule has 3 aromatic carbocycles. The standard InChI is InChI=1S/C25H18Cl2FNO4/c1-2-33-18-7-5-6-14(10-18)23(30)21-22(19-8-3-4-9-20(19)28)29(25(32)24(21)31)17-12-15(26)11-16(27)13-17/h3-13,22,30H,2H2,1H3/b23-21+. The van der Waals surface area contributed by atoms with Crippen LogP contribution in [0.3, 0.4) is 0 Å². The largest absolute Gasteiger partial charge is 0.507 e. The quantitative estimate of drug-likeness (QED) is 0.267. The number of hydrogen-bond donors (Lipinski definition) is 1. The molecular weight excluding hydrogens is 468 g/mol. The fourth-order valence-electron chi connectivity index (χ4n) is 3.82. The van der Waals surface area contributed by atoms with Crippen LogP contribution in [0.2, 0.25) is 10.0 Å². The third kappa shape index (κ3) is 4.32.